The predicted octanol–water partition coefficient (Wildman–Crippen LogP) is 21.2. The molecule has 0 saturated heterocycles. The third-order valence-corrected chi connectivity index (χ3v) is 18.9. The summed E-state index contributed by atoms with van der Waals surface area (Å²) in [5, 5.41) is 0. The summed E-state index contributed by atoms with van der Waals surface area (Å²) >= 11 is 0. The molecule has 1 aliphatic carbocycles. The highest BCUT2D eigenvalue weighted by atomic mass is 14.9. The number of nitrogens with zero attached hydrogens (tertiary/aromatic N) is 5. The highest BCUT2D eigenvalue weighted by molar-refractivity contribution is 5.65. The third kappa shape index (κ3) is 21.4. The molecular weight excluding hydrogens is 1190 g/mol. The van der Waals surface area contributed by atoms with Crippen LogP contribution < -0.4 is 22.8 Å². The van der Waals surface area contributed by atoms with Crippen LogP contribution in [0.5, 0.6) is 0 Å². The van der Waals surface area contributed by atoms with E-state index in [-0.39, 0.29) is 5.92 Å². The van der Waals surface area contributed by atoms with Crippen LogP contribution >= 0.6 is 0 Å². The molecule has 0 amide bonds. The first-order valence-electron chi connectivity index (χ1n) is 38.0. The molecule has 0 radical (unpaired) electrons. The van der Waals surface area contributed by atoms with Crippen LogP contribution in [0.15, 0.2) is 183 Å². The van der Waals surface area contributed by atoms with E-state index in [0.717, 1.165) is 52.4 Å². The largest absolute Gasteiger partial charge is 0.212 e. The second-order valence-electron chi connectivity index (χ2n) is 31.2. The van der Waals surface area contributed by atoms with E-state index in [1.165, 1.54) is 126 Å². The van der Waals surface area contributed by atoms with Gasteiger partial charge in [0.15, 0.2) is 31.0 Å². The minimum absolute atomic E-state index is 0.0551. The first-order valence-corrected chi connectivity index (χ1v) is 36.0. The van der Waals surface area contributed by atoms with Crippen molar-refractivity contribution < 1.29 is 28.3 Å². The average Bonchev–Trinajstić information content (AvgIpc) is 0.793. The zero-order chi connectivity index (χ0) is 75.5. The molecule has 1 fully saturated rings. The smallest absolute Gasteiger partial charge is 0.201 e. The molecule has 0 bridgehead atoms. The molecule has 1 saturated carbocycles. The summed E-state index contributed by atoms with van der Waals surface area (Å²) in [4.78, 5) is 0. The van der Waals surface area contributed by atoms with Gasteiger partial charge in [0.25, 0.3) is 0 Å². The normalized spacial score (nSPS) is 13.2. The SMILES string of the molecule is Cc1cc(-c2ccccc2C)[n+](C)cc1CC(C)(C)C.Cc1cc(-c2ccccc2C)[n+](C)cc1CC(C)C.Cc1ccccc1-c1cc(C)c(C2CCCC2)c[n+]1C.[2H]C([2H])(c1c[n+](C)c(-c2ccccc2C)cc1C)C(C)(C)C.[2H]C([2H])(c1c[n+](C)c(-c2ccccc2C)cc1C)C(C)C. The molecule has 0 atom stereocenters. The van der Waals surface area contributed by atoms with E-state index in [9.17, 15) is 0 Å². The van der Waals surface area contributed by atoms with Gasteiger partial charge in [-0.1, -0.05) is 173 Å². The van der Waals surface area contributed by atoms with Gasteiger partial charge >= 0.3 is 0 Å². The Balaban J connectivity index is 0.000000179. The minimum Gasteiger partial charge on any atom is -0.201 e. The van der Waals surface area contributed by atoms with Crippen molar-refractivity contribution in [3.63, 3.8) is 0 Å². The molecule has 10 aromatic rings. The van der Waals surface area contributed by atoms with Crippen LogP contribution in [0.4, 0.5) is 0 Å². The van der Waals surface area contributed by atoms with Gasteiger partial charge in [0.2, 0.25) is 28.5 Å². The van der Waals surface area contributed by atoms with Crippen molar-refractivity contribution in [1.29, 1.82) is 0 Å². The van der Waals surface area contributed by atoms with Crippen molar-refractivity contribution in [3.8, 4) is 56.3 Å². The first kappa shape index (κ1) is 71.1. The van der Waals surface area contributed by atoms with Crippen molar-refractivity contribution in [3.05, 3.63) is 266 Å². The summed E-state index contributed by atoms with van der Waals surface area (Å²) in [7, 11) is 10.4. The Bertz CT molecular complexity index is 4510. The number of hydrogen-bond acceptors (Lipinski definition) is 0. The fraction of sp³-hybridized carbons (Fsp3) is 0.409. The van der Waals surface area contributed by atoms with Crippen LogP contribution in [-0.4, -0.2) is 0 Å². The summed E-state index contributed by atoms with van der Waals surface area (Å²) in [5.41, 5.74) is 31.1. The molecule has 11 rings (SSSR count). The Morgan fingerprint density at radius 3 is 0.959 bits per heavy atom. The first-order chi connectivity index (χ1) is 47.7. The zero-order valence-electron chi connectivity index (χ0n) is 69.0. The second-order valence-corrected chi connectivity index (χ2v) is 31.2. The number of aromatic nitrogens is 5. The van der Waals surface area contributed by atoms with Gasteiger partial charge in [-0.3, -0.25) is 0 Å². The highest BCUT2D eigenvalue weighted by Crippen LogP contribution is 2.37. The predicted molar refractivity (Wildman–Crippen MR) is 417 cm³/mol. The lowest BCUT2D eigenvalue weighted by Crippen LogP contribution is -2.32. The van der Waals surface area contributed by atoms with Crippen molar-refractivity contribution in [2.24, 2.45) is 57.9 Å². The summed E-state index contributed by atoms with van der Waals surface area (Å²) in [6.45, 7) is 42.6. The molecule has 5 aromatic heterocycles. The molecule has 5 nitrogen and oxygen atoms in total. The molecule has 0 aliphatic heterocycles. The average molecular weight is 1320 g/mol. The van der Waals surface area contributed by atoms with Gasteiger partial charge in [-0.25, -0.2) is 22.8 Å². The topological polar surface area (TPSA) is 19.4 Å². The zero-order valence-corrected chi connectivity index (χ0v) is 65.0. The molecule has 516 valence electrons. The monoisotopic (exact) mass is 1320 g/mol. The minimum atomic E-state index is -1.38. The molecule has 1 aliphatic rings. The van der Waals surface area contributed by atoms with Crippen molar-refractivity contribution in [1.82, 2.24) is 0 Å². The Labute approximate surface area is 601 Å². The van der Waals surface area contributed by atoms with E-state index in [1.54, 1.807) is 5.56 Å². The van der Waals surface area contributed by atoms with Gasteiger partial charge in [0.05, 0.1) is 0 Å². The molecule has 0 unspecified atom stereocenters. The summed E-state index contributed by atoms with van der Waals surface area (Å²) < 4.78 is 44.6. The van der Waals surface area contributed by atoms with Gasteiger partial charge in [0, 0.05) is 91.4 Å². The Kier molecular flexibility index (Phi) is 25.1. The van der Waals surface area contributed by atoms with Crippen molar-refractivity contribution in [2.45, 2.75) is 196 Å². The molecule has 5 heterocycles. The van der Waals surface area contributed by atoms with Crippen molar-refractivity contribution >= 4 is 0 Å². The van der Waals surface area contributed by atoms with E-state index in [1.807, 2.05) is 108 Å². The molecule has 98 heavy (non-hydrogen) atoms. The van der Waals surface area contributed by atoms with Crippen LogP contribution in [0.1, 0.15) is 190 Å². The maximum Gasteiger partial charge on any atom is 0.212 e. The fourth-order valence-corrected chi connectivity index (χ4v) is 13.6. The van der Waals surface area contributed by atoms with Crippen LogP contribution in [0.2, 0.25) is 0 Å². The lowest BCUT2D eigenvalue weighted by molar-refractivity contribution is -0.661. The lowest BCUT2D eigenvalue weighted by Gasteiger charge is -2.19. The molecule has 0 spiro atoms. The van der Waals surface area contributed by atoms with E-state index in [0.29, 0.717) is 11.3 Å². The summed E-state index contributed by atoms with van der Waals surface area (Å²) in [6, 6.07) is 53.6. The van der Waals surface area contributed by atoms with Gasteiger partial charge in [-0.05, 0) is 222 Å². The summed E-state index contributed by atoms with van der Waals surface area (Å²) in [5.74, 6) is 1.43. The molecule has 5 aromatic carbocycles. The molecule has 0 N–H and O–H groups in total. The van der Waals surface area contributed by atoms with Gasteiger partial charge < -0.3 is 0 Å². The third-order valence-electron chi connectivity index (χ3n) is 18.9. The maximum atomic E-state index is 8.53. The van der Waals surface area contributed by atoms with Gasteiger partial charge in [0.1, 0.15) is 35.2 Å². The van der Waals surface area contributed by atoms with Crippen LogP contribution in [0.25, 0.3) is 56.3 Å². The van der Waals surface area contributed by atoms with Crippen LogP contribution in [0, 0.1) is 91.9 Å². The molecular formula is C93H124N5+5. The fourth-order valence-electron chi connectivity index (χ4n) is 13.6. The van der Waals surface area contributed by atoms with Gasteiger partial charge in [-0.2, -0.15) is 0 Å². The number of pyridine rings is 5. The molecule has 5 heteroatoms. The highest BCUT2D eigenvalue weighted by Gasteiger charge is 2.26. The maximum absolute atomic E-state index is 8.53. The Morgan fingerprint density at radius 2 is 0.633 bits per heavy atom. The van der Waals surface area contributed by atoms with Gasteiger partial charge in [-0.15, -0.1) is 0 Å². The number of rotatable bonds is 12. The van der Waals surface area contributed by atoms with Crippen molar-refractivity contribution in [2.75, 3.05) is 0 Å². The lowest BCUT2D eigenvalue weighted by atomic mass is 9.87. The Morgan fingerprint density at radius 1 is 0.347 bits per heavy atom. The quantitative estimate of drug-likeness (QED) is 0.109. The van der Waals surface area contributed by atoms with Crippen LogP contribution in [-0.2, 0) is 60.8 Å². The van der Waals surface area contributed by atoms with E-state index in [4.69, 9.17) is 5.48 Å². The van der Waals surface area contributed by atoms with Crippen LogP contribution in [0.3, 0.4) is 0 Å². The second kappa shape index (κ2) is 34.6. The Hall–Kier alpha value is -8.15. The number of hydrogen-bond donors (Lipinski definition) is 0. The standard InChI is InChI=1S/C19H24N.2C19H26N.2C18H24N/c1-14-8-4-7-11-17(14)19-12-15(2)18(13-20(19)3)16-9-5-6-10-16;2*1-14-9-7-8-10-17(14)18-11-15(2)16(13-20(18)6)12-19(3,4)5;2*1-13(2)10-16-12-19(5)18(11-15(16)4)17-9-7-6-8-14(17)3/h4,7-8,11-13,16H,5-6,9-10H2,1-3H3;2*7-11,13H,12H2,1-6H3;2*6-9,11-13H,10H2,1-5H3/q5*+1/i;12D2;;10D2;. The number of aryl methyl sites for hydroxylation is 15. The summed E-state index contributed by atoms with van der Waals surface area (Å²) in [6.07, 6.45) is 15.9. The number of benzene rings is 5. The van der Waals surface area contributed by atoms with E-state index in [2.05, 4.69) is 271 Å². The van der Waals surface area contributed by atoms with E-state index >= 15 is 0 Å². The van der Waals surface area contributed by atoms with E-state index < -0.39 is 18.2 Å².